The SMILES string of the molecule is COC(=O)CC1CS(=O)(=O)CCC1O. The van der Waals surface area contributed by atoms with E-state index in [0.717, 1.165) is 0 Å². The number of methoxy groups -OCH3 is 1. The standard InChI is InChI=1S/C8H14O5S/c1-13-8(10)4-6-5-14(11,12)3-2-7(6)9/h6-7,9H,2-5H2,1H3. The first-order chi connectivity index (χ1) is 6.44. The van der Waals surface area contributed by atoms with Crippen LogP contribution >= 0.6 is 0 Å². The van der Waals surface area contributed by atoms with Crippen molar-refractivity contribution in [3.63, 3.8) is 0 Å². The van der Waals surface area contributed by atoms with Crippen molar-refractivity contribution in [1.29, 1.82) is 0 Å². The fourth-order valence-corrected chi connectivity index (χ4v) is 3.31. The Morgan fingerprint density at radius 2 is 2.21 bits per heavy atom. The van der Waals surface area contributed by atoms with Crippen molar-refractivity contribution in [2.24, 2.45) is 5.92 Å². The molecule has 82 valence electrons. The topological polar surface area (TPSA) is 80.7 Å². The molecule has 1 aliphatic heterocycles. The van der Waals surface area contributed by atoms with E-state index in [-0.39, 0.29) is 24.3 Å². The Hall–Kier alpha value is -0.620. The predicted molar refractivity (Wildman–Crippen MR) is 49.4 cm³/mol. The average Bonchev–Trinajstić information content (AvgIpc) is 2.11. The Bertz CT molecular complexity index is 308. The van der Waals surface area contributed by atoms with Gasteiger partial charge >= 0.3 is 5.97 Å². The van der Waals surface area contributed by atoms with Gasteiger partial charge in [-0.05, 0) is 6.42 Å². The summed E-state index contributed by atoms with van der Waals surface area (Å²) in [5, 5.41) is 9.47. The molecule has 0 aliphatic carbocycles. The molecule has 0 aromatic heterocycles. The molecule has 1 heterocycles. The van der Waals surface area contributed by atoms with Crippen LogP contribution in [0.25, 0.3) is 0 Å². The highest BCUT2D eigenvalue weighted by molar-refractivity contribution is 7.91. The molecule has 2 atom stereocenters. The van der Waals surface area contributed by atoms with Gasteiger partial charge in [0.15, 0.2) is 9.84 Å². The molecule has 6 heteroatoms. The molecule has 1 fully saturated rings. The normalized spacial score (nSPS) is 31.0. The Morgan fingerprint density at radius 3 is 2.79 bits per heavy atom. The van der Waals surface area contributed by atoms with Gasteiger partial charge in [-0.3, -0.25) is 4.79 Å². The van der Waals surface area contributed by atoms with Crippen molar-refractivity contribution in [3.05, 3.63) is 0 Å². The summed E-state index contributed by atoms with van der Waals surface area (Å²) in [7, 11) is -1.84. The third kappa shape index (κ3) is 2.95. The number of aliphatic hydroxyl groups is 1. The molecule has 5 nitrogen and oxygen atoms in total. The summed E-state index contributed by atoms with van der Waals surface area (Å²) in [4.78, 5) is 10.9. The Balaban J connectivity index is 2.62. The lowest BCUT2D eigenvalue weighted by atomic mass is 9.98. The summed E-state index contributed by atoms with van der Waals surface area (Å²) in [6.45, 7) is 0. The van der Waals surface area contributed by atoms with Gasteiger partial charge in [0, 0.05) is 5.92 Å². The maximum absolute atomic E-state index is 11.2. The van der Waals surface area contributed by atoms with Crippen LogP contribution in [0.1, 0.15) is 12.8 Å². The number of esters is 1. The first kappa shape index (κ1) is 11.5. The first-order valence-corrected chi connectivity index (χ1v) is 6.22. The summed E-state index contributed by atoms with van der Waals surface area (Å²) >= 11 is 0. The van der Waals surface area contributed by atoms with Crippen LogP contribution in [0.4, 0.5) is 0 Å². The van der Waals surface area contributed by atoms with Gasteiger partial charge in [-0.15, -0.1) is 0 Å². The number of rotatable bonds is 2. The lowest BCUT2D eigenvalue weighted by molar-refractivity contribution is -0.142. The highest BCUT2D eigenvalue weighted by Gasteiger charge is 2.33. The van der Waals surface area contributed by atoms with Crippen molar-refractivity contribution in [2.45, 2.75) is 18.9 Å². The second-order valence-corrected chi connectivity index (χ2v) is 5.74. The maximum Gasteiger partial charge on any atom is 0.305 e. The summed E-state index contributed by atoms with van der Waals surface area (Å²) in [6, 6.07) is 0. The van der Waals surface area contributed by atoms with E-state index >= 15 is 0 Å². The van der Waals surface area contributed by atoms with Gasteiger partial charge in [0.1, 0.15) is 0 Å². The molecule has 2 unspecified atom stereocenters. The molecule has 0 amide bonds. The fourth-order valence-electron chi connectivity index (χ4n) is 1.55. The lowest BCUT2D eigenvalue weighted by Gasteiger charge is -2.26. The lowest BCUT2D eigenvalue weighted by Crippen LogP contribution is -2.37. The van der Waals surface area contributed by atoms with Crippen molar-refractivity contribution in [2.75, 3.05) is 18.6 Å². The van der Waals surface area contributed by atoms with Gasteiger partial charge in [-0.1, -0.05) is 0 Å². The number of carbonyl (C=O) groups is 1. The molecule has 0 aromatic carbocycles. The molecule has 1 aliphatic rings. The van der Waals surface area contributed by atoms with Crippen molar-refractivity contribution in [3.8, 4) is 0 Å². The highest BCUT2D eigenvalue weighted by atomic mass is 32.2. The van der Waals surface area contributed by atoms with Crippen LogP contribution < -0.4 is 0 Å². The Morgan fingerprint density at radius 1 is 1.57 bits per heavy atom. The largest absolute Gasteiger partial charge is 0.469 e. The molecule has 0 spiro atoms. The van der Waals surface area contributed by atoms with Gasteiger partial charge < -0.3 is 9.84 Å². The van der Waals surface area contributed by atoms with E-state index in [0.29, 0.717) is 0 Å². The highest BCUT2D eigenvalue weighted by Crippen LogP contribution is 2.22. The molecule has 0 saturated carbocycles. The van der Waals surface area contributed by atoms with E-state index in [1.807, 2.05) is 0 Å². The van der Waals surface area contributed by atoms with E-state index in [4.69, 9.17) is 0 Å². The minimum Gasteiger partial charge on any atom is -0.469 e. The van der Waals surface area contributed by atoms with Crippen molar-refractivity contribution >= 4 is 15.8 Å². The van der Waals surface area contributed by atoms with E-state index in [1.54, 1.807) is 0 Å². The van der Waals surface area contributed by atoms with Crippen LogP contribution in [-0.4, -0.2) is 44.2 Å². The van der Waals surface area contributed by atoms with E-state index in [1.165, 1.54) is 7.11 Å². The van der Waals surface area contributed by atoms with E-state index in [2.05, 4.69) is 4.74 Å². The second kappa shape index (κ2) is 4.27. The van der Waals surface area contributed by atoms with Crippen molar-refractivity contribution in [1.82, 2.24) is 0 Å². The van der Waals surface area contributed by atoms with Gasteiger partial charge in [-0.25, -0.2) is 8.42 Å². The van der Waals surface area contributed by atoms with Gasteiger partial charge in [0.25, 0.3) is 0 Å². The number of sulfone groups is 1. The second-order valence-electron chi connectivity index (χ2n) is 3.51. The molecule has 1 rings (SSSR count). The molecule has 1 saturated heterocycles. The van der Waals surface area contributed by atoms with Crippen LogP contribution in [0.2, 0.25) is 0 Å². The number of aliphatic hydroxyl groups excluding tert-OH is 1. The fraction of sp³-hybridized carbons (Fsp3) is 0.875. The van der Waals surface area contributed by atoms with Crippen LogP contribution in [0.5, 0.6) is 0 Å². The quantitative estimate of drug-likeness (QED) is 0.628. The van der Waals surface area contributed by atoms with E-state index < -0.39 is 27.8 Å². The zero-order chi connectivity index (χ0) is 10.8. The molecule has 1 N–H and O–H groups in total. The maximum atomic E-state index is 11.2. The summed E-state index contributed by atoms with van der Waals surface area (Å²) in [5.41, 5.74) is 0. The summed E-state index contributed by atoms with van der Waals surface area (Å²) < 4.78 is 26.9. The molecule has 0 radical (unpaired) electrons. The predicted octanol–water partition coefficient (Wildman–Crippen LogP) is -0.655. The van der Waals surface area contributed by atoms with Crippen LogP contribution in [0, 0.1) is 5.92 Å². The van der Waals surface area contributed by atoms with E-state index in [9.17, 15) is 18.3 Å². The molecule has 0 aromatic rings. The smallest absolute Gasteiger partial charge is 0.305 e. The first-order valence-electron chi connectivity index (χ1n) is 4.40. The minimum atomic E-state index is -3.09. The average molecular weight is 222 g/mol. The van der Waals surface area contributed by atoms with Crippen LogP contribution in [0.15, 0.2) is 0 Å². The van der Waals surface area contributed by atoms with Gasteiger partial charge in [0.05, 0.1) is 31.1 Å². The summed E-state index contributed by atoms with van der Waals surface area (Å²) in [5.74, 6) is -1.11. The van der Waals surface area contributed by atoms with Gasteiger partial charge in [-0.2, -0.15) is 0 Å². The molecule has 14 heavy (non-hydrogen) atoms. The Labute approximate surface area is 83.0 Å². The van der Waals surface area contributed by atoms with Crippen molar-refractivity contribution < 1.29 is 23.1 Å². The minimum absolute atomic E-state index is 0.00579. The zero-order valence-electron chi connectivity index (χ0n) is 7.97. The monoisotopic (exact) mass is 222 g/mol. The number of carbonyl (C=O) groups excluding carboxylic acids is 1. The zero-order valence-corrected chi connectivity index (χ0v) is 8.79. The molecular formula is C8H14O5S. The third-order valence-corrected chi connectivity index (χ3v) is 4.19. The van der Waals surface area contributed by atoms with Gasteiger partial charge in [0.2, 0.25) is 0 Å². The van der Waals surface area contributed by atoms with Crippen LogP contribution in [-0.2, 0) is 19.4 Å². The molecular weight excluding hydrogens is 208 g/mol. The number of hydrogen-bond donors (Lipinski definition) is 1. The number of hydrogen-bond acceptors (Lipinski definition) is 5. The third-order valence-electron chi connectivity index (χ3n) is 2.39. The summed E-state index contributed by atoms with van der Waals surface area (Å²) in [6.07, 6.45) is -0.529. The van der Waals surface area contributed by atoms with Crippen LogP contribution in [0.3, 0.4) is 0 Å². The Kier molecular flexibility index (Phi) is 3.49. The number of ether oxygens (including phenoxy) is 1. The molecule has 0 bridgehead atoms.